The van der Waals surface area contributed by atoms with Gasteiger partial charge in [-0.3, -0.25) is 0 Å². The minimum absolute atomic E-state index is 0.644. The van der Waals surface area contributed by atoms with E-state index in [1.54, 1.807) is 11.3 Å². The van der Waals surface area contributed by atoms with E-state index in [1.807, 2.05) is 30.3 Å². The zero-order valence-electron chi connectivity index (χ0n) is 24.4. The lowest BCUT2D eigenvalue weighted by atomic mass is 9.96. The van der Waals surface area contributed by atoms with Gasteiger partial charge in [-0.2, -0.15) is 0 Å². The zero-order chi connectivity index (χ0) is 30.2. The Hall–Kier alpha value is -5.91. The van der Waals surface area contributed by atoms with E-state index in [2.05, 4.69) is 109 Å². The molecule has 0 aliphatic carbocycles. The maximum atomic E-state index is 6.28. The molecule has 0 spiro atoms. The summed E-state index contributed by atoms with van der Waals surface area (Å²) in [5.74, 6) is 1.97. The monoisotopic (exact) mass is 605 g/mol. The molecule has 3 aromatic heterocycles. The van der Waals surface area contributed by atoms with Crippen LogP contribution in [0.1, 0.15) is 0 Å². The SMILES string of the molecule is c1ccc(-c2nc(-c3ccc4ccc5ccc6oc7ccccc7c6c5c4c3)nc(-c3cccc4c3sc3ccccc34)n2)cc1. The maximum absolute atomic E-state index is 6.28. The fraction of sp³-hybridized carbons (Fsp3) is 0. The minimum atomic E-state index is 0.644. The lowest BCUT2D eigenvalue weighted by molar-refractivity contribution is 0.669. The predicted molar refractivity (Wildman–Crippen MR) is 191 cm³/mol. The number of fused-ring (bicyclic) bond motifs is 10. The number of furan rings is 1. The highest BCUT2D eigenvalue weighted by atomic mass is 32.1. The van der Waals surface area contributed by atoms with Crippen LogP contribution in [0, 0.1) is 0 Å². The van der Waals surface area contributed by atoms with Gasteiger partial charge >= 0.3 is 0 Å². The number of benzene rings is 7. The molecule has 10 rings (SSSR count). The highest BCUT2D eigenvalue weighted by Gasteiger charge is 2.18. The first-order valence-electron chi connectivity index (χ1n) is 15.3. The molecule has 46 heavy (non-hydrogen) atoms. The topological polar surface area (TPSA) is 51.8 Å². The van der Waals surface area contributed by atoms with E-state index in [9.17, 15) is 0 Å². The summed E-state index contributed by atoms with van der Waals surface area (Å²) in [6.07, 6.45) is 0. The van der Waals surface area contributed by atoms with Crippen LogP contribution in [0.4, 0.5) is 0 Å². The van der Waals surface area contributed by atoms with Crippen molar-refractivity contribution in [3.05, 3.63) is 140 Å². The van der Waals surface area contributed by atoms with Gasteiger partial charge in [-0.25, -0.2) is 15.0 Å². The standard InChI is InChI=1S/C41H23N3OS/c1-2-9-26(10-3-1)39-42-40(44-41(43-39)31-14-8-13-29-28-11-5-7-16-35(28)46-38(29)31)27-20-18-24-17-19-25-21-22-34-37(36(25)32(24)23-27)30-12-4-6-15-33(30)45-34/h1-23H. The highest BCUT2D eigenvalue weighted by molar-refractivity contribution is 7.26. The molecular weight excluding hydrogens is 583 g/mol. The van der Waals surface area contributed by atoms with Crippen molar-refractivity contribution in [1.29, 1.82) is 0 Å². The summed E-state index contributed by atoms with van der Waals surface area (Å²) >= 11 is 1.78. The maximum Gasteiger partial charge on any atom is 0.165 e. The number of rotatable bonds is 3. The second-order valence-corrected chi connectivity index (χ2v) is 12.6. The highest BCUT2D eigenvalue weighted by Crippen LogP contribution is 2.41. The summed E-state index contributed by atoms with van der Waals surface area (Å²) < 4.78 is 8.71. The van der Waals surface area contributed by atoms with Crippen LogP contribution in [0.25, 0.3) is 97.8 Å². The quantitative estimate of drug-likeness (QED) is 0.188. The third-order valence-corrected chi connectivity index (χ3v) is 10.1. The summed E-state index contributed by atoms with van der Waals surface area (Å²) in [6, 6.07) is 48.5. The van der Waals surface area contributed by atoms with Crippen molar-refractivity contribution >= 4 is 75.0 Å². The van der Waals surface area contributed by atoms with Crippen molar-refractivity contribution < 1.29 is 4.42 Å². The minimum Gasteiger partial charge on any atom is -0.456 e. The Balaban J connectivity index is 1.25. The third kappa shape index (κ3) is 3.82. The molecular formula is C41H23N3OS. The Morgan fingerprint density at radius 1 is 0.435 bits per heavy atom. The Bertz CT molecular complexity index is 2820. The molecule has 5 heteroatoms. The van der Waals surface area contributed by atoms with Gasteiger partial charge in [0.2, 0.25) is 0 Å². The van der Waals surface area contributed by atoms with Gasteiger partial charge in [-0.05, 0) is 46.5 Å². The molecule has 3 heterocycles. The molecule has 7 aromatic carbocycles. The first kappa shape index (κ1) is 25.4. The largest absolute Gasteiger partial charge is 0.456 e. The Labute approximate surface area is 267 Å². The van der Waals surface area contributed by atoms with Crippen LogP contribution >= 0.6 is 11.3 Å². The number of nitrogens with zero attached hydrogens (tertiary/aromatic N) is 3. The fourth-order valence-electron chi connectivity index (χ4n) is 6.76. The third-order valence-electron chi connectivity index (χ3n) is 8.91. The van der Waals surface area contributed by atoms with Crippen molar-refractivity contribution in [3.8, 4) is 34.2 Å². The first-order chi connectivity index (χ1) is 22.8. The van der Waals surface area contributed by atoms with Gasteiger partial charge in [0.25, 0.3) is 0 Å². The number of thiophene rings is 1. The van der Waals surface area contributed by atoms with E-state index in [4.69, 9.17) is 19.4 Å². The molecule has 0 unspecified atom stereocenters. The van der Waals surface area contributed by atoms with Crippen LogP contribution in [0.5, 0.6) is 0 Å². The summed E-state index contributed by atoms with van der Waals surface area (Å²) in [6.45, 7) is 0. The normalized spacial score (nSPS) is 11.9. The van der Waals surface area contributed by atoms with Crippen LogP contribution in [-0.4, -0.2) is 15.0 Å². The van der Waals surface area contributed by atoms with Crippen LogP contribution in [0.2, 0.25) is 0 Å². The van der Waals surface area contributed by atoms with Crippen molar-refractivity contribution in [2.24, 2.45) is 0 Å². The molecule has 0 aliphatic heterocycles. The van der Waals surface area contributed by atoms with Crippen LogP contribution in [0.15, 0.2) is 144 Å². The zero-order valence-corrected chi connectivity index (χ0v) is 25.3. The molecule has 0 amide bonds. The molecule has 0 saturated carbocycles. The molecule has 0 fully saturated rings. The second kappa shape index (κ2) is 9.80. The van der Waals surface area contributed by atoms with E-state index in [0.29, 0.717) is 17.5 Å². The van der Waals surface area contributed by atoms with Gasteiger partial charge in [0.15, 0.2) is 17.5 Å². The van der Waals surface area contributed by atoms with E-state index in [1.165, 1.54) is 30.9 Å². The first-order valence-corrected chi connectivity index (χ1v) is 16.1. The predicted octanol–water partition coefficient (Wildman–Crippen LogP) is 11.4. The summed E-state index contributed by atoms with van der Waals surface area (Å²) in [5, 5.41) is 9.36. The van der Waals surface area contributed by atoms with E-state index in [0.717, 1.165) is 49.4 Å². The van der Waals surface area contributed by atoms with Gasteiger partial charge < -0.3 is 4.42 Å². The van der Waals surface area contributed by atoms with Crippen molar-refractivity contribution in [3.63, 3.8) is 0 Å². The summed E-state index contributed by atoms with van der Waals surface area (Å²) in [4.78, 5) is 15.3. The van der Waals surface area contributed by atoms with E-state index < -0.39 is 0 Å². The average Bonchev–Trinajstić information content (AvgIpc) is 3.70. The Kier molecular flexibility index (Phi) is 5.41. The number of hydrogen-bond donors (Lipinski definition) is 0. The van der Waals surface area contributed by atoms with Gasteiger partial charge in [-0.1, -0.05) is 109 Å². The molecule has 0 saturated heterocycles. The number of aromatic nitrogens is 3. The molecule has 0 atom stereocenters. The summed E-state index contributed by atoms with van der Waals surface area (Å²) in [7, 11) is 0. The van der Waals surface area contributed by atoms with Gasteiger partial charge in [0, 0.05) is 53.0 Å². The smallest absolute Gasteiger partial charge is 0.165 e. The molecule has 0 aliphatic rings. The second-order valence-electron chi connectivity index (χ2n) is 11.6. The lowest BCUT2D eigenvalue weighted by Gasteiger charge is -2.11. The number of para-hydroxylation sites is 1. The van der Waals surface area contributed by atoms with Crippen molar-refractivity contribution in [2.45, 2.75) is 0 Å². The van der Waals surface area contributed by atoms with Gasteiger partial charge in [-0.15, -0.1) is 11.3 Å². The van der Waals surface area contributed by atoms with Crippen LogP contribution in [-0.2, 0) is 0 Å². The van der Waals surface area contributed by atoms with E-state index >= 15 is 0 Å². The van der Waals surface area contributed by atoms with Gasteiger partial charge in [0.1, 0.15) is 11.2 Å². The fourth-order valence-corrected chi connectivity index (χ4v) is 7.98. The Morgan fingerprint density at radius 3 is 2.04 bits per heavy atom. The van der Waals surface area contributed by atoms with E-state index in [-0.39, 0.29) is 0 Å². The molecule has 4 nitrogen and oxygen atoms in total. The molecule has 0 N–H and O–H groups in total. The molecule has 0 radical (unpaired) electrons. The Morgan fingerprint density at radius 2 is 1.13 bits per heavy atom. The van der Waals surface area contributed by atoms with Crippen LogP contribution in [0.3, 0.4) is 0 Å². The average molecular weight is 606 g/mol. The van der Waals surface area contributed by atoms with Gasteiger partial charge in [0.05, 0.1) is 0 Å². The number of hydrogen-bond acceptors (Lipinski definition) is 5. The van der Waals surface area contributed by atoms with Crippen LogP contribution < -0.4 is 0 Å². The molecule has 10 aromatic rings. The lowest BCUT2D eigenvalue weighted by Crippen LogP contribution is -2.00. The van der Waals surface area contributed by atoms with Crippen molar-refractivity contribution in [2.75, 3.05) is 0 Å². The molecule has 0 bridgehead atoms. The summed E-state index contributed by atoms with van der Waals surface area (Å²) in [5.41, 5.74) is 4.68. The van der Waals surface area contributed by atoms with Crippen molar-refractivity contribution in [1.82, 2.24) is 15.0 Å². The molecule has 214 valence electrons.